The molecule has 0 rings (SSSR count). The summed E-state index contributed by atoms with van der Waals surface area (Å²) in [5, 5.41) is 25.7. The fourth-order valence-corrected chi connectivity index (χ4v) is 2.23. The van der Waals surface area contributed by atoms with Crippen molar-refractivity contribution in [2.45, 2.75) is 66.0 Å². The second-order valence-electron chi connectivity index (χ2n) is 6.13. The Morgan fingerprint density at radius 3 is 1.53 bits per heavy atom. The number of hydrogen-bond acceptors (Lipinski definition) is 9. The van der Waals surface area contributed by atoms with E-state index in [0.29, 0.717) is 26.4 Å². The van der Waals surface area contributed by atoms with Gasteiger partial charge in [-0.2, -0.15) is 0 Å². The van der Waals surface area contributed by atoms with Crippen molar-refractivity contribution in [1.29, 1.82) is 0 Å². The number of aliphatic carboxylic acids is 3. The molecule has 0 aromatic carbocycles. The highest BCUT2D eigenvalue weighted by atomic mass is 16.7. The minimum absolute atomic E-state index is 0.0138. The van der Waals surface area contributed by atoms with Crippen LogP contribution in [0.5, 0.6) is 0 Å². The number of ether oxygens (including phenoxy) is 5. The maximum Gasteiger partial charge on any atom is 0.307 e. The van der Waals surface area contributed by atoms with Gasteiger partial charge < -0.3 is 39.0 Å². The molecule has 0 saturated heterocycles. The van der Waals surface area contributed by atoms with Crippen molar-refractivity contribution >= 4 is 23.9 Å². The SMILES string of the molecule is CCOC(CC(CC(=O)O)C(=O)O)OCC.CCOC(COC(=O)CCC(=O)O)OCC. The predicted molar refractivity (Wildman–Crippen MR) is 110 cm³/mol. The Labute approximate surface area is 187 Å². The van der Waals surface area contributed by atoms with Gasteiger partial charge in [0.2, 0.25) is 0 Å². The summed E-state index contributed by atoms with van der Waals surface area (Å²) in [7, 11) is 0. The summed E-state index contributed by atoms with van der Waals surface area (Å²) >= 11 is 0. The minimum atomic E-state index is -1.15. The fraction of sp³-hybridized carbons (Fsp3) is 0.800. The van der Waals surface area contributed by atoms with E-state index >= 15 is 0 Å². The van der Waals surface area contributed by atoms with Crippen molar-refractivity contribution in [2.75, 3.05) is 33.0 Å². The molecule has 0 spiro atoms. The van der Waals surface area contributed by atoms with Crippen LogP contribution in [0.2, 0.25) is 0 Å². The number of carbonyl (C=O) groups is 4. The highest BCUT2D eigenvalue weighted by Crippen LogP contribution is 2.15. The zero-order valence-electron chi connectivity index (χ0n) is 19.1. The Hall–Kier alpha value is -2.28. The Balaban J connectivity index is 0. The highest BCUT2D eigenvalue weighted by Gasteiger charge is 2.25. The van der Waals surface area contributed by atoms with Crippen molar-refractivity contribution < 1.29 is 58.2 Å². The van der Waals surface area contributed by atoms with Gasteiger partial charge in [0.25, 0.3) is 0 Å². The number of carbonyl (C=O) groups excluding carboxylic acids is 1. The number of hydrogen-bond donors (Lipinski definition) is 3. The molecular weight excluding hydrogens is 432 g/mol. The van der Waals surface area contributed by atoms with Gasteiger partial charge >= 0.3 is 23.9 Å². The van der Waals surface area contributed by atoms with E-state index in [4.69, 9.17) is 39.0 Å². The molecule has 3 N–H and O–H groups in total. The molecule has 0 fully saturated rings. The summed E-state index contributed by atoms with van der Waals surface area (Å²) in [5.41, 5.74) is 0. The topological polar surface area (TPSA) is 175 Å². The second-order valence-corrected chi connectivity index (χ2v) is 6.13. The second kappa shape index (κ2) is 20.6. The summed E-state index contributed by atoms with van der Waals surface area (Å²) in [6.07, 6.45) is -1.98. The Morgan fingerprint density at radius 2 is 1.16 bits per heavy atom. The van der Waals surface area contributed by atoms with E-state index in [-0.39, 0.29) is 25.9 Å². The van der Waals surface area contributed by atoms with E-state index in [1.54, 1.807) is 27.7 Å². The molecule has 0 radical (unpaired) electrons. The molecule has 1 atom stereocenters. The molecule has 0 aromatic rings. The molecule has 0 aromatic heterocycles. The molecule has 0 heterocycles. The van der Waals surface area contributed by atoms with Gasteiger partial charge in [0, 0.05) is 32.8 Å². The van der Waals surface area contributed by atoms with Gasteiger partial charge in [-0.25, -0.2) is 0 Å². The van der Waals surface area contributed by atoms with Crippen LogP contribution in [-0.2, 0) is 42.9 Å². The van der Waals surface area contributed by atoms with Crippen LogP contribution in [0, 0.1) is 5.92 Å². The van der Waals surface area contributed by atoms with Gasteiger partial charge in [-0.3, -0.25) is 19.2 Å². The van der Waals surface area contributed by atoms with Crippen LogP contribution < -0.4 is 0 Å². The first kappa shape index (κ1) is 31.9. The molecule has 32 heavy (non-hydrogen) atoms. The molecule has 0 aliphatic rings. The van der Waals surface area contributed by atoms with E-state index in [2.05, 4.69) is 0 Å². The molecule has 0 aliphatic heterocycles. The zero-order chi connectivity index (χ0) is 24.9. The van der Waals surface area contributed by atoms with Gasteiger partial charge in [0.05, 0.1) is 25.2 Å². The summed E-state index contributed by atoms with van der Waals surface area (Å²) in [6.45, 7) is 8.82. The monoisotopic (exact) mass is 468 g/mol. The zero-order valence-corrected chi connectivity index (χ0v) is 19.1. The third-order valence-electron chi connectivity index (χ3n) is 3.58. The number of carboxylic acids is 3. The molecule has 0 saturated carbocycles. The lowest BCUT2D eigenvalue weighted by atomic mass is 10.0. The van der Waals surface area contributed by atoms with Crippen LogP contribution in [0.15, 0.2) is 0 Å². The van der Waals surface area contributed by atoms with Crippen molar-refractivity contribution in [3.8, 4) is 0 Å². The van der Waals surface area contributed by atoms with Crippen LogP contribution in [-0.4, -0.2) is 84.8 Å². The first-order valence-corrected chi connectivity index (χ1v) is 10.4. The Morgan fingerprint density at radius 1 is 0.688 bits per heavy atom. The summed E-state index contributed by atoms with van der Waals surface area (Å²) in [5.74, 6) is -4.86. The largest absolute Gasteiger partial charge is 0.481 e. The van der Waals surface area contributed by atoms with E-state index < -0.39 is 48.8 Å². The average molecular weight is 468 g/mol. The lowest BCUT2D eigenvalue weighted by Gasteiger charge is -2.19. The van der Waals surface area contributed by atoms with Gasteiger partial charge in [0.1, 0.15) is 6.61 Å². The molecule has 1 unspecified atom stereocenters. The Kier molecular flexibility index (Phi) is 20.6. The minimum Gasteiger partial charge on any atom is -0.481 e. The fourth-order valence-electron chi connectivity index (χ4n) is 2.23. The predicted octanol–water partition coefficient (Wildman–Crippen LogP) is 1.74. The highest BCUT2D eigenvalue weighted by molar-refractivity contribution is 5.77. The lowest BCUT2D eigenvalue weighted by Crippen LogP contribution is -2.27. The van der Waals surface area contributed by atoms with E-state index in [9.17, 15) is 19.2 Å². The molecule has 0 bridgehead atoms. The van der Waals surface area contributed by atoms with Crippen LogP contribution in [0.4, 0.5) is 0 Å². The first-order chi connectivity index (χ1) is 15.1. The van der Waals surface area contributed by atoms with Gasteiger partial charge in [-0.15, -0.1) is 0 Å². The van der Waals surface area contributed by atoms with Crippen molar-refractivity contribution in [2.24, 2.45) is 5.92 Å². The molecule has 0 aliphatic carbocycles. The van der Waals surface area contributed by atoms with E-state index in [1.807, 2.05) is 0 Å². The maximum atomic E-state index is 11.1. The van der Waals surface area contributed by atoms with Crippen LogP contribution in [0.25, 0.3) is 0 Å². The number of esters is 1. The molecule has 12 heteroatoms. The van der Waals surface area contributed by atoms with E-state index in [0.717, 1.165) is 0 Å². The average Bonchev–Trinajstić information content (AvgIpc) is 2.70. The summed E-state index contributed by atoms with van der Waals surface area (Å²) in [4.78, 5) is 42.5. The van der Waals surface area contributed by atoms with Crippen LogP contribution in [0.3, 0.4) is 0 Å². The van der Waals surface area contributed by atoms with Gasteiger partial charge in [-0.05, 0) is 27.7 Å². The van der Waals surface area contributed by atoms with Crippen molar-refractivity contribution in [1.82, 2.24) is 0 Å². The number of rotatable bonds is 18. The summed E-state index contributed by atoms with van der Waals surface area (Å²) in [6, 6.07) is 0. The Bertz CT molecular complexity index is 523. The quantitative estimate of drug-likeness (QED) is 0.196. The number of carboxylic acid groups (broad SMARTS) is 3. The molecular formula is C20H36O12. The smallest absolute Gasteiger partial charge is 0.307 e. The van der Waals surface area contributed by atoms with Gasteiger partial charge in [-0.1, -0.05) is 0 Å². The standard InChI is InChI=1S/2C10H18O6/c1-3-15-9(16-4-2)6-7(10(13)14)5-8(11)12;1-3-14-10(15-4-2)7-16-9(13)6-5-8(11)12/h7,9H,3-6H2,1-2H3,(H,11,12)(H,13,14);10H,3-7H2,1-2H3,(H,11,12). The third-order valence-corrected chi connectivity index (χ3v) is 3.58. The van der Waals surface area contributed by atoms with Crippen molar-refractivity contribution in [3.05, 3.63) is 0 Å². The van der Waals surface area contributed by atoms with Crippen LogP contribution >= 0.6 is 0 Å². The molecule has 12 nitrogen and oxygen atoms in total. The van der Waals surface area contributed by atoms with Crippen molar-refractivity contribution in [3.63, 3.8) is 0 Å². The lowest BCUT2D eigenvalue weighted by molar-refractivity contribution is -0.180. The third kappa shape index (κ3) is 19.7. The first-order valence-electron chi connectivity index (χ1n) is 10.4. The van der Waals surface area contributed by atoms with Crippen LogP contribution in [0.1, 0.15) is 53.4 Å². The maximum absolute atomic E-state index is 11.1. The molecule has 188 valence electrons. The molecule has 0 amide bonds. The normalized spacial score (nSPS) is 11.6. The van der Waals surface area contributed by atoms with Gasteiger partial charge in [0.15, 0.2) is 12.6 Å². The van der Waals surface area contributed by atoms with E-state index in [1.165, 1.54) is 0 Å². The summed E-state index contributed by atoms with van der Waals surface area (Å²) < 4.78 is 25.4.